The highest BCUT2D eigenvalue weighted by Gasteiger charge is 2.27. The molecule has 0 atom stereocenters. The second-order valence-electron chi connectivity index (χ2n) is 6.46. The summed E-state index contributed by atoms with van der Waals surface area (Å²) in [6.45, 7) is 0.936. The van der Waals surface area contributed by atoms with Gasteiger partial charge in [0.05, 0.1) is 0 Å². The van der Waals surface area contributed by atoms with E-state index < -0.39 is 5.43 Å². The van der Waals surface area contributed by atoms with Gasteiger partial charge in [-0.1, -0.05) is 12.1 Å². The average Bonchev–Trinajstić information content (AvgIpc) is 2.67. The van der Waals surface area contributed by atoms with Gasteiger partial charge in [-0.25, -0.2) is 4.39 Å². The lowest BCUT2D eigenvalue weighted by Crippen LogP contribution is -2.42. The molecule has 3 N–H and O–H groups in total. The molecule has 1 aliphatic rings. The Morgan fingerprint density at radius 1 is 1.22 bits per heavy atom. The van der Waals surface area contributed by atoms with Gasteiger partial charge < -0.3 is 20.4 Å². The number of rotatable bonds is 5. The summed E-state index contributed by atoms with van der Waals surface area (Å²) in [5.41, 5.74) is 5.74. The molecule has 142 valence electrons. The fourth-order valence-corrected chi connectivity index (χ4v) is 2.97. The molecule has 8 heteroatoms. The first-order valence-corrected chi connectivity index (χ1v) is 8.62. The third kappa shape index (κ3) is 4.52. The molecule has 1 aromatic heterocycles. The van der Waals surface area contributed by atoms with Crippen molar-refractivity contribution in [2.45, 2.75) is 19.4 Å². The number of piperidine rings is 1. The van der Waals surface area contributed by atoms with Gasteiger partial charge in [0.25, 0.3) is 5.91 Å². The van der Waals surface area contributed by atoms with Crippen LogP contribution in [0.2, 0.25) is 0 Å². The number of hydrogen-bond acceptors (Lipinski definition) is 4. The van der Waals surface area contributed by atoms with E-state index in [-0.39, 0.29) is 41.6 Å². The normalized spacial score (nSPS) is 14.8. The molecule has 3 rings (SSSR count). The van der Waals surface area contributed by atoms with E-state index in [4.69, 9.17) is 10.5 Å². The monoisotopic (exact) mass is 373 g/mol. The molecule has 1 aromatic carbocycles. The van der Waals surface area contributed by atoms with Crippen LogP contribution >= 0.6 is 0 Å². The maximum Gasteiger partial charge on any atom is 0.270 e. The first-order valence-electron chi connectivity index (χ1n) is 8.62. The molecule has 2 heterocycles. The second-order valence-corrected chi connectivity index (χ2v) is 6.46. The number of H-pyrrole nitrogens is 1. The molecule has 2 aromatic rings. The van der Waals surface area contributed by atoms with E-state index in [1.807, 2.05) is 0 Å². The van der Waals surface area contributed by atoms with Crippen LogP contribution in [-0.2, 0) is 11.4 Å². The SMILES string of the molecule is NC(=O)C1CCN(C(=O)c2cc(=O)c(OCc3ccc(F)cc3)c[nH]2)CC1. The van der Waals surface area contributed by atoms with Gasteiger partial charge >= 0.3 is 0 Å². The number of carbonyl (C=O) groups is 2. The molecule has 0 unspecified atom stereocenters. The number of hydrogen-bond donors (Lipinski definition) is 2. The van der Waals surface area contributed by atoms with Crippen LogP contribution < -0.4 is 15.9 Å². The number of likely N-dealkylation sites (tertiary alicyclic amines) is 1. The van der Waals surface area contributed by atoms with Crippen molar-refractivity contribution in [3.8, 4) is 5.75 Å². The minimum absolute atomic E-state index is 0.0725. The Labute approximate surface area is 154 Å². The number of aromatic amines is 1. The molecule has 1 saturated heterocycles. The summed E-state index contributed by atoms with van der Waals surface area (Å²) >= 11 is 0. The Morgan fingerprint density at radius 2 is 1.89 bits per heavy atom. The van der Waals surface area contributed by atoms with Crippen LogP contribution in [0.3, 0.4) is 0 Å². The fourth-order valence-electron chi connectivity index (χ4n) is 2.97. The highest BCUT2D eigenvalue weighted by Crippen LogP contribution is 2.18. The van der Waals surface area contributed by atoms with E-state index in [1.54, 1.807) is 17.0 Å². The first kappa shape index (κ1) is 18.6. The summed E-state index contributed by atoms with van der Waals surface area (Å²) in [7, 11) is 0. The van der Waals surface area contributed by atoms with Gasteiger partial charge in [0.15, 0.2) is 5.75 Å². The minimum atomic E-state index is -0.425. The van der Waals surface area contributed by atoms with Crippen LogP contribution in [0.5, 0.6) is 5.75 Å². The summed E-state index contributed by atoms with van der Waals surface area (Å²) in [6.07, 6.45) is 2.38. The zero-order valence-electron chi connectivity index (χ0n) is 14.6. The predicted molar refractivity (Wildman–Crippen MR) is 95.6 cm³/mol. The molecule has 0 radical (unpaired) electrons. The van der Waals surface area contributed by atoms with Crippen LogP contribution in [0, 0.1) is 11.7 Å². The number of nitrogens with one attached hydrogen (secondary N) is 1. The predicted octanol–water partition coefficient (Wildman–Crippen LogP) is 1.43. The van der Waals surface area contributed by atoms with Crippen LogP contribution in [0.4, 0.5) is 4.39 Å². The molecule has 1 aliphatic heterocycles. The van der Waals surface area contributed by atoms with Gasteiger partial charge in [0.2, 0.25) is 11.3 Å². The molecule has 1 fully saturated rings. The maximum absolute atomic E-state index is 12.9. The quantitative estimate of drug-likeness (QED) is 0.827. The van der Waals surface area contributed by atoms with Crippen LogP contribution in [-0.4, -0.2) is 34.8 Å². The van der Waals surface area contributed by atoms with E-state index in [9.17, 15) is 18.8 Å². The molecule has 7 nitrogen and oxygen atoms in total. The number of carbonyl (C=O) groups excluding carboxylic acids is 2. The van der Waals surface area contributed by atoms with E-state index >= 15 is 0 Å². The second kappa shape index (κ2) is 8.03. The average molecular weight is 373 g/mol. The molecule has 2 amide bonds. The molecular formula is C19H20FN3O4. The van der Waals surface area contributed by atoms with Gasteiger partial charge in [-0.05, 0) is 30.5 Å². The van der Waals surface area contributed by atoms with Gasteiger partial charge in [0, 0.05) is 31.3 Å². The van der Waals surface area contributed by atoms with E-state index in [1.165, 1.54) is 24.4 Å². The number of nitrogens with zero attached hydrogens (tertiary/aromatic N) is 1. The van der Waals surface area contributed by atoms with Crippen molar-refractivity contribution in [2.24, 2.45) is 11.7 Å². The van der Waals surface area contributed by atoms with Gasteiger partial charge in [-0.2, -0.15) is 0 Å². The first-order chi connectivity index (χ1) is 12.9. The Balaban J connectivity index is 1.62. The highest BCUT2D eigenvalue weighted by molar-refractivity contribution is 5.92. The van der Waals surface area contributed by atoms with Crippen molar-refractivity contribution in [3.63, 3.8) is 0 Å². The van der Waals surface area contributed by atoms with Crippen molar-refractivity contribution in [1.29, 1.82) is 0 Å². The molecule has 0 saturated carbocycles. The van der Waals surface area contributed by atoms with E-state index in [2.05, 4.69) is 4.98 Å². The number of aromatic nitrogens is 1. The fraction of sp³-hybridized carbons (Fsp3) is 0.316. The van der Waals surface area contributed by atoms with Gasteiger partial charge in [-0.3, -0.25) is 14.4 Å². The smallest absolute Gasteiger partial charge is 0.270 e. The zero-order chi connectivity index (χ0) is 19.4. The number of pyridine rings is 1. The lowest BCUT2D eigenvalue weighted by molar-refractivity contribution is -0.123. The van der Waals surface area contributed by atoms with Gasteiger partial charge in [0.1, 0.15) is 18.1 Å². The lowest BCUT2D eigenvalue weighted by Gasteiger charge is -2.30. The number of halogens is 1. The van der Waals surface area contributed by atoms with Crippen molar-refractivity contribution >= 4 is 11.8 Å². The molecule has 0 aliphatic carbocycles. The Bertz CT molecular complexity index is 887. The third-order valence-corrected chi connectivity index (χ3v) is 4.60. The Morgan fingerprint density at radius 3 is 2.48 bits per heavy atom. The maximum atomic E-state index is 12.9. The number of amides is 2. The molecular weight excluding hydrogens is 353 g/mol. The van der Waals surface area contributed by atoms with Gasteiger partial charge in [-0.15, -0.1) is 0 Å². The number of benzene rings is 1. The summed E-state index contributed by atoms with van der Waals surface area (Å²) in [5, 5.41) is 0. The summed E-state index contributed by atoms with van der Waals surface area (Å²) < 4.78 is 18.3. The van der Waals surface area contributed by atoms with Crippen LogP contribution in [0.15, 0.2) is 41.3 Å². The molecule has 0 bridgehead atoms. The third-order valence-electron chi connectivity index (χ3n) is 4.60. The Kier molecular flexibility index (Phi) is 5.54. The zero-order valence-corrected chi connectivity index (χ0v) is 14.6. The van der Waals surface area contributed by atoms with Crippen LogP contribution in [0.1, 0.15) is 28.9 Å². The summed E-state index contributed by atoms with van der Waals surface area (Å²) in [4.78, 5) is 40.3. The van der Waals surface area contributed by atoms with Crippen molar-refractivity contribution in [3.05, 3.63) is 63.8 Å². The van der Waals surface area contributed by atoms with Crippen molar-refractivity contribution in [1.82, 2.24) is 9.88 Å². The Hall–Kier alpha value is -3.16. The number of ether oxygens (including phenoxy) is 1. The van der Waals surface area contributed by atoms with E-state index in [0.29, 0.717) is 31.5 Å². The molecule has 27 heavy (non-hydrogen) atoms. The topological polar surface area (TPSA) is 105 Å². The van der Waals surface area contributed by atoms with Crippen LogP contribution in [0.25, 0.3) is 0 Å². The van der Waals surface area contributed by atoms with E-state index in [0.717, 1.165) is 0 Å². The van der Waals surface area contributed by atoms with Crippen molar-refractivity contribution in [2.75, 3.05) is 13.1 Å². The number of nitrogens with two attached hydrogens (primary N) is 1. The standard InChI is InChI=1S/C19H20FN3O4/c20-14-3-1-12(2-4-14)11-27-17-10-22-15(9-16(17)24)19(26)23-7-5-13(6-8-23)18(21)25/h1-4,9-10,13H,5-8,11H2,(H2,21,25)(H,22,24). The largest absolute Gasteiger partial charge is 0.483 e. The highest BCUT2D eigenvalue weighted by atomic mass is 19.1. The molecule has 0 spiro atoms. The summed E-state index contributed by atoms with van der Waals surface area (Å²) in [6, 6.07) is 6.95. The lowest BCUT2D eigenvalue weighted by atomic mass is 9.96. The van der Waals surface area contributed by atoms with Crippen molar-refractivity contribution < 1.29 is 18.7 Å². The summed E-state index contributed by atoms with van der Waals surface area (Å²) in [5.74, 6) is -1.14. The number of primary amides is 1. The minimum Gasteiger partial charge on any atom is -0.483 e.